The highest BCUT2D eigenvalue weighted by atomic mass is 35.5. The lowest BCUT2D eigenvalue weighted by molar-refractivity contribution is -0.121. The first kappa shape index (κ1) is 16.1. The van der Waals surface area contributed by atoms with Crippen LogP contribution in [0.15, 0.2) is 18.2 Å². The summed E-state index contributed by atoms with van der Waals surface area (Å²) in [6, 6.07) is 5.52. The molecular formula is C16H24ClN3O. The first-order valence-corrected chi connectivity index (χ1v) is 7.88. The molecule has 1 aliphatic carbocycles. The van der Waals surface area contributed by atoms with Crippen LogP contribution in [-0.4, -0.2) is 29.4 Å². The Kier molecular flexibility index (Phi) is 5.12. The van der Waals surface area contributed by atoms with Crippen molar-refractivity contribution in [1.82, 2.24) is 4.90 Å². The van der Waals surface area contributed by atoms with Crippen molar-refractivity contribution in [3.8, 4) is 0 Å². The molecule has 0 spiro atoms. The fourth-order valence-corrected chi connectivity index (χ4v) is 2.71. The minimum atomic E-state index is -0.159. The third-order valence-corrected chi connectivity index (χ3v) is 4.03. The smallest absolute Gasteiger partial charge is 0.241 e. The Morgan fingerprint density at radius 1 is 1.43 bits per heavy atom. The van der Waals surface area contributed by atoms with E-state index in [-0.39, 0.29) is 11.9 Å². The number of carbonyl (C=O) groups is 1. The van der Waals surface area contributed by atoms with Gasteiger partial charge in [0.25, 0.3) is 0 Å². The molecule has 0 bridgehead atoms. The Morgan fingerprint density at radius 3 is 2.62 bits per heavy atom. The molecule has 1 atom stereocenters. The summed E-state index contributed by atoms with van der Waals surface area (Å²) in [5, 5.41) is 3.38. The van der Waals surface area contributed by atoms with Crippen molar-refractivity contribution in [2.24, 2.45) is 5.92 Å². The maximum absolute atomic E-state index is 12.5. The molecule has 4 nitrogen and oxygen atoms in total. The summed E-state index contributed by atoms with van der Waals surface area (Å²) in [5.41, 5.74) is 6.87. The van der Waals surface area contributed by atoms with Crippen LogP contribution in [0.4, 0.5) is 11.4 Å². The average Bonchev–Trinajstić information content (AvgIpc) is 3.22. The van der Waals surface area contributed by atoms with Crippen molar-refractivity contribution in [3.05, 3.63) is 23.2 Å². The standard InChI is InChI=1S/C16H24ClN3O/c1-10(2)9-20(13-5-6-13)11(3)16(21)19-15-7-4-12(18)8-14(15)17/h4,7-8,10-11,13H,5-6,9,18H2,1-3H3,(H,19,21). The van der Waals surface area contributed by atoms with E-state index >= 15 is 0 Å². The molecule has 0 aromatic heterocycles. The summed E-state index contributed by atoms with van der Waals surface area (Å²) in [6.45, 7) is 7.25. The molecule has 3 N–H and O–H groups in total. The second-order valence-corrected chi connectivity index (χ2v) is 6.63. The van der Waals surface area contributed by atoms with E-state index in [1.54, 1.807) is 18.2 Å². The Morgan fingerprint density at radius 2 is 2.10 bits per heavy atom. The average molecular weight is 310 g/mol. The van der Waals surface area contributed by atoms with Gasteiger partial charge in [0.15, 0.2) is 0 Å². The number of nitrogens with one attached hydrogen (secondary N) is 1. The molecule has 0 aliphatic heterocycles. The summed E-state index contributed by atoms with van der Waals surface area (Å²) in [7, 11) is 0. The molecule has 1 aromatic rings. The van der Waals surface area contributed by atoms with Gasteiger partial charge in [0.1, 0.15) is 0 Å². The van der Waals surface area contributed by atoms with E-state index in [9.17, 15) is 4.79 Å². The fourth-order valence-electron chi connectivity index (χ4n) is 2.47. The maximum Gasteiger partial charge on any atom is 0.241 e. The van der Waals surface area contributed by atoms with Gasteiger partial charge in [0, 0.05) is 18.3 Å². The van der Waals surface area contributed by atoms with Crippen molar-refractivity contribution < 1.29 is 4.79 Å². The number of hydrogen-bond acceptors (Lipinski definition) is 3. The summed E-state index contributed by atoms with van der Waals surface area (Å²) in [4.78, 5) is 14.8. The molecule has 0 heterocycles. The van der Waals surface area contributed by atoms with Crippen LogP contribution in [0.2, 0.25) is 5.02 Å². The first-order chi connectivity index (χ1) is 9.88. The summed E-state index contributed by atoms with van der Waals surface area (Å²) in [6.07, 6.45) is 2.37. The zero-order chi connectivity index (χ0) is 15.6. The lowest BCUT2D eigenvalue weighted by Crippen LogP contribution is -2.45. The van der Waals surface area contributed by atoms with Gasteiger partial charge in [-0.3, -0.25) is 9.69 Å². The van der Waals surface area contributed by atoms with Gasteiger partial charge in [-0.25, -0.2) is 0 Å². The van der Waals surface area contributed by atoms with E-state index in [4.69, 9.17) is 17.3 Å². The van der Waals surface area contributed by atoms with E-state index in [1.165, 1.54) is 12.8 Å². The second-order valence-electron chi connectivity index (χ2n) is 6.23. The van der Waals surface area contributed by atoms with E-state index in [1.807, 2.05) is 6.92 Å². The van der Waals surface area contributed by atoms with Crippen molar-refractivity contribution in [1.29, 1.82) is 0 Å². The summed E-state index contributed by atoms with van der Waals surface area (Å²) < 4.78 is 0. The number of nitrogens with zero attached hydrogens (tertiary/aromatic N) is 1. The van der Waals surface area contributed by atoms with Crippen LogP contribution in [0.3, 0.4) is 0 Å². The van der Waals surface area contributed by atoms with Crippen LogP contribution in [0.1, 0.15) is 33.6 Å². The molecule has 1 aliphatic rings. The highest BCUT2D eigenvalue weighted by Gasteiger charge is 2.35. The lowest BCUT2D eigenvalue weighted by Gasteiger charge is -2.29. The van der Waals surface area contributed by atoms with Gasteiger partial charge in [-0.05, 0) is 43.9 Å². The van der Waals surface area contributed by atoms with E-state index in [2.05, 4.69) is 24.1 Å². The molecule has 116 valence electrons. The van der Waals surface area contributed by atoms with Gasteiger partial charge in [-0.1, -0.05) is 25.4 Å². The van der Waals surface area contributed by atoms with Crippen LogP contribution in [0.5, 0.6) is 0 Å². The third-order valence-electron chi connectivity index (χ3n) is 3.72. The third kappa shape index (κ3) is 4.35. The predicted molar refractivity (Wildman–Crippen MR) is 88.5 cm³/mol. The summed E-state index contributed by atoms with van der Waals surface area (Å²) in [5.74, 6) is 0.523. The van der Waals surface area contributed by atoms with E-state index in [0.29, 0.717) is 28.4 Å². The topological polar surface area (TPSA) is 58.4 Å². The van der Waals surface area contributed by atoms with Crippen LogP contribution in [0.25, 0.3) is 0 Å². The lowest BCUT2D eigenvalue weighted by atomic mass is 10.1. The molecule has 5 heteroatoms. The van der Waals surface area contributed by atoms with Crippen molar-refractivity contribution in [2.75, 3.05) is 17.6 Å². The molecular weight excluding hydrogens is 286 g/mol. The zero-order valence-electron chi connectivity index (χ0n) is 12.9. The predicted octanol–water partition coefficient (Wildman–Crippen LogP) is 3.37. The van der Waals surface area contributed by atoms with Gasteiger partial charge in [0.05, 0.1) is 16.8 Å². The van der Waals surface area contributed by atoms with Crippen molar-refractivity contribution in [3.63, 3.8) is 0 Å². The minimum Gasteiger partial charge on any atom is -0.399 e. The molecule has 0 saturated heterocycles. The number of nitrogens with two attached hydrogens (primary N) is 1. The molecule has 1 unspecified atom stereocenters. The van der Waals surface area contributed by atoms with Crippen LogP contribution in [-0.2, 0) is 4.79 Å². The van der Waals surface area contributed by atoms with Crippen LogP contribution >= 0.6 is 11.6 Å². The number of hydrogen-bond donors (Lipinski definition) is 2. The fraction of sp³-hybridized carbons (Fsp3) is 0.562. The van der Waals surface area contributed by atoms with E-state index in [0.717, 1.165) is 6.54 Å². The SMILES string of the molecule is CC(C)CN(C1CC1)C(C)C(=O)Nc1ccc(N)cc1Cl. The van der Waals surface area contributed by atoms with Gasteiger partial charge in [-0.2, -0.15) is 0 Å². The van der Waals surface area contributed by atoms with Crippen LogP contribution < -0.4 is 11.1 Å². The van der Waals surface area contributed by atoms with Gasteiger partial charge in [0.2, 0.25) is 5.91 Å². The zero-order valence-corrected chi connectivity index (χ0v) is 13.7. The Labute approximate surface area is 131 Å². The number of carbonyl (C=O) groups excluding carboxylic acids is 1. The Bertz CT molecular complexity index is 514. The summed E-state index contributed by atoms with van der Waals surface area (Å²) >= 11 is 6.11. The second kappa shape index (κ2) is 6.67. The van der Waals surface area contributed by atoms with Crippen LogP contribution in [0, 0.1) is 5.92 Å². The number of amides is 1. The number of benzene rings is 1. The van der Waals surface area contributed by atoms with Gasteiger partial charge >= 0.3 is 0 Å². The molecule has 0 radical (unpaired) electrons. The number of rotatable bonds is 6. The highest BCUT2D eigenvalue weighted by Crippen LogP contribution is 2.30. The molecule has 2 rings (SSSR count). The molecule has 1 amide bonds. The van der Waals surface area contributed by atoms with Crippen molar-refractivity contribution >= 4 is 28.9 Å². The molecule has 21 heavy (non-hydrogen) atoms. The van der Waals surface area contributed by atoms with Crippen molar-refractivity contribution in [2.45, 2.75) is 45.7 Å². The molecule has 1 fully saturated rings. The maximum atomic E-state index is 12.5. The molecule has 1 saturated carbocycles. The van der Waals surface area contributed by atoms with Gasteiger partial charge in [-0.15, -0.1) is 0 Å². The first-order valence-electron chi connectivity index (χ1n) is 7.50. The quantitative estimate of drug-likeness (QED) is 0.792. The number of anilines is 2. The number of halogens is 1. The number of nitrogen functional groups attached to an aromatic ring is 1. The van der Waals surface area contributed by atoms with Gasteiger partial charge < -0.3 is 11.1 Å². The Balaban J connectivity index is 2.03. The normalized spacial score (nSPS) is 16.3. The monoisotopic (exact) mass is 309 g/mol. The minimum absolute atomic E-state index is 0.0192. The Hall–Kier alpha value is -1.26. The highest BCUT2D eigenvalue weighted by molar-refractivity contribution is 6.34. The largest absolute Gasteiger partial charge is 0.399 e. The van der Waals surface area contributed by atoms with E-state index < -0.39 is 0 Å². The molecule has 1 aromatic carbocycles.